The molecule has 134 valence electrons. The molecule has 1 aromatic carbocycles. The molecule has 0 radical (unpaired) electrons. The van der Waals surface area contributed by atoms with Gasteiger partial charge in [-0.3, -0.25) is 9.69 Å². The Morgan fingerprint density at radius 1 is 1.50 bits per heavy atom. The van der Waals surface area contributed by atoms with Crippen molar-refractivity contribution in [3.05, 3.63) is 34.6 Å². The fraction of sp³-hybridized carbons (Fsp3) is 0.611. The molecule has 0 bridgehead atoms. The third kappa shape index (κ3) is 4.08. The molecule has 4 atom stereocenters. The van der Waals surface area contributed by atoms with Crippen molar-refractivity contribution in [1.29, 1.82) is 0 Å². The third-order valence-corrected chi connectivity index (χ3v) is 5.39. The van der Waals surface area contributed by atoms with E-state index in [0.717, 1.165) is 31.5 Å². The molecule has 24 heavy (non-hydrogen) atoms. The van der Waals surface area contributed by atoms with Crippen LogP contribution < -0.4 is 11.1 Å². The summed E-state index contributed by atoms with van der Waals surface area (Å²) in [7, 11) is 0. The zero-order valence-corrected chi connectivity index (χ0v) is 15.3. The Balaban J connectivity index is 2.19. The van der Waals surface area contributed by atoms with E-state index in [-0.39, 0.29) is 28.9 Å². The minimum absolute atomic E-state index is 0.0603. The highest BCUT2D eigenvalue weighted by Crippen LogP contribution is 2.33. The van der Waals surface area contributed by atoms with Gasteiger partial charge in [-0.1, -0.05) is 44.9 Å². The van der Waals surface area contributed by atoms with Gasteiger partial charge >= 0.3 is 0 Å². The summed E-state index contributed by atoms with van der Waals surface area (Å²) in [6.07, 6.45) is 1.67. The molecule has 3 N–H and O–H groups in total. The maximum atomic E-state index is 13.9. The maximum absolute atomic E-state index is 13.9. The Hall–Kier alpha value is -1.17. The van der Waals surface area contributed by atoms with Crippen molar-refractivity contribution in [2.75, 3.05) is 13.1 Å². The molecule has 0 aliphatic carbocycles. The van der Waals surface area contributed by atoms with Gasteiger partial charge in [0.05, 0.1) is 17.1 Å². The molecule has 6 heteroatoms. The van der Waals surface area contributed by atoms with Gasteiger partial charge in [0.15, 0.2) is 0 Å². The van der Waals surface area contributed by atoms with Crippen LogP contribution in [-0.2, 0) is 4.79 Å². The minimum atomic E-state index is -0.520. The number of benzene rings is 1. The van der Waals surface area contributed by atoms with Crippen molar-refractivity contribution in [2.45, 2.75) is 51.7 Å². The van der Waals surface area contributed by atoms with Gasteiger partial charge < -0.3 is 11.1 Å². The summed E-state index contributed by atoms with van der Waals surface area (Å²) in [4.78, 5) is 14.7. The zero-order chi connectivity index (χ0) is 17.9. The summed E-state index contributed by atoms with van der Waals surface area (Å²) in [6, 6.07) is 4.21. The number of hydrogen-bond donors (Lipinski definition) is 2. The predicted molar refractivity (Wildman–Crippen MR) is 95.4 cm³/mol. The monoisotopic (exact) mass is 355 g/mol. The van der Waals surface area contributed by atoms with Crippen molar-refractivity contribution in [2.24, 2.45) is 11.7 Å². The van der Waals surface area contributed by atoms with E-state index in [1.165, 1.54) is 6.07 Å². The normalized spacial score (nSPS) is 23.9. The lowest BCUT2D eigenvalue weighted by Gasteiger charge is -2.29. The van der Waals surface area contributed by atoms with Crippen molar-refractivity contribution >= 4 is 17.5 Å². The smallest absolute Gasteiger partial charge is 0.237 e. The van der Waals surface area contributed by atoms with Crippen LogP contribution in [0, 0.1) is 11.7 Å². The second-order valence-corrected chi connectivity index (χ2v) is 6.97. The SMILES string of the molecule is CCC(C)C(N)C(=O)NC1CCN(CC)C1c1ccc(Cl)c(F)c1. The lowest BCUT2D eigenvalue weighted by molar-refractivity contribution is -0.124. The molecule has 4 unspecified atom stereocenters. The summed E-state index contributed by atoms with van der Waals surface area (Å²) in [6.45, 7) is 7.75. The number of rotatable bonds is 6. The average Bonchev–Trinajstić information content (AvgIpc) is 2.98. The lowest BCUT2D eigenvalue weighted by Crippen LogP contribution is -2.49. The molecule has 0 aromatic heterocycles. The van der Waals surface area contributed by atoms with Gasteiger partial charge in [-0.25, -0.2) is 4.39 Å². The van der Waals surface area contributed by atoms with E-state index >= 15 is 0 Å². The van der Waals surface area contributed by atoms with Gasteiger partial charge in [-0.05, 0) is 36.6 Å². The van der Waals surface area contributed by atoms with Gasteiger partial charge in [-0.2, -0.15) is 0 Å². The fourth-order valence-corrected chi connectivity index (χ4v) is 3.41. The van der Waals surface area contributed by atoms with Crippen LogP contribution in [0.3, 0.4) is 0 Å². The molecule has 1 amide bonds. The molecule has 4 nitrogen and oxygen atoms in total. The van der Waals surface area contributed by atoms with E-state index in [1.54, 1.807) is 6.07 Å². The van der Waals surface area contributed by atoms with Crippen LogP contribution in [0.1, 0.15) is 45.2 Å². The number of amides is 1. The molecule has 1 aromatic rings. The number of likely N-dealkylation sites (tertiary alicyclic amines) is 1. The first kappa shape index (κ1) is 19.2. The number of halogens is 2. The first-order valence-electron chi connectivity index (χ1n) is 8.63. The molecule has 1 aliphatic rings. The number of carbonyl (C=O) groups is 1. The Kier molecular flexibility index (Phi) is 6.61. The average molecular weight is 356 g/mol. The maximum Gasteiger partial charge on any atom is 0.237 e. The summed E-state index contributed by atoms with van der Waals surface area (Å²) in [5.41, 5.74) is 6.87. The predicted octanol–water partition coefficient (Wildman–Crippen LogP) is 3.10. The van der Waals surface area contributed by atoms with Gasteiger partial charge in [0.2, 0.25) is 5.91 Å². The van der Waals surface area contributed by atoms with Crippen LogP contribution in [0.25, 0.3) is 0 Å². The quantitative estimate of drug-likeness (QED) is 0.824. The van der Waals surface area contributed by atoms with Crippen LogP contribution >= 0.6 is 11.6 Å². The lowest BCUT2D eigenvalue weighted by atomic mass is 9.96. The second-order valence-electron chi connectivity index (χ2n) is 6.56. The Labute approximate surface area is 148 Å². The Bertz CT molecular complexity index is 583. The summed E-state index contributed by atoms with van der Waals surface area (Å²) in [5.74, 6) is -0.439. The van der Waals surface area contributed by atoms with Crippen LogP contribution in [0.4, 0.5) is 4.39 Å². The van der Waals surface area contributed by atoms with Crippen LogP contribution in [0.2, 0.25) is 5.02 Å². The van der Waals surface area contributed by atoms with Crippen molar-refractivity contribution in [3.8, 4) is 0 Å². The van der Waals surface area contributed by atoms with Crippen LogP contribution in [0.5, 0.6) is 0 Å². The number of hydrogen-bond acceptors (Lipinski definition) is 3. The molecule has 2 rings (SSSR count). The minimum Gasteiger partial charge on any atom is -0.350 e. The van der Waals surface area contributed by atoms with Gasteiger partial charge in [-0.15, -0.1) is 0 Å². The molecule has 1 saturated heterocycles. The van der Waals surface area contributed by atoms with E-state index in [4.69, 9.17) is 17.3 Å². The molecule has 0 saturated carbocycles. The van der Waals surface area contributed by atoms with Crippen molar-refractivity contribution < 1.29 is 9.18 Å². The molecule has 1 heterocycles. The van der Waals surface area contributed by atoms with E-state index in [9.17, 15) is 9.18 Å². The largest absolute Gasteiger partial charge is 0.350 e. The highest BCUT2D eigenvalue weighted by Gasteiger charge is 2.36. The summed E-state index contributed by atoms with van der Waals surface area (Å²) >= 11 is 5.80. The topological polar surface area (TPSA) is 58.4 Å². The third-order valence-electron chi connectivity index (χ3n) is 5.08. The number of nitrogens with two attached hydrogens (primary N) is 1. The van der Waals surface area contributed by atoms with Crippen LogP contribution in [0.15, 0.2) is 18.2 Å². The van der Waals surface area contributed by atoms with Gasteiger partial charge in [0.1, 0.15) is 5.82 Å². The van der Waals surface area contributed by atoms with Gasteiger partial charge in [0.25, 0.3) is 0 Å². The fourth-order valence-electron chi connectivity index (χ4n) is 3.29. The zero-order valence-electron chi connectivity index (χ0n) is 14.6. The molecule has 1 aliphatic heterocycles. The van der Waals surface area contributed by atoms with Gasteiger partial charge in [0, 0.05) is 12.6 Å². The molecule has 0 spiro atoms. The molecule has 1 fully saturated rings. The highest BCUT2D eigenvalue weighted by molar-refractivity contribution is 6.30. The van der Waals surface area contributed by atoms with Crippen molar-refractivity contribution in [1.82, 2.24) is 10.2 Å². The highest BCUT2D eigenvalue weighted by atomic mass is 35.5. The number of nitrogens with zero attached hydrogens (tertiary/aromatic N) is 1. The van der Waals surface area contributed by atoms with Crippen LogP contribution in [-0.4, -0.2) is 36.0 Å². The van der Waals surface area contributed by atoms with E-state index < -0.39 is 11.9 Å². The summed E-state index contributed by atoms with van der Waals surface area (Å²) in [5, 5.41) is 3.19. The van der Waals surface area contributed by atoms with E-state index in [2.05, 4.69) is 17.1 Å². The number of likely N-dealkylation sites (N-methyl/N-ethyl adjacent to an activating group) is 1. The first-order chi connectivity index (χ1) is 11.4. The number of carbonyl (C=O) groups excluding carboxylic acids is 1. The van der Waals surface area contributed by atoms with Crippen molar-refractivity contribution in [3.63, 3.8) is 0 Å². The standard InChI is InChI=1S/C18H27ClFN3O/c1-4-11(3)16(21)18(24)22-15-8-9-23(5-2)17(15)12-6-7-13(19)14(20)10-12/h6-7,10-11,15-17H,4-5,8-9,21H2,1-3H3,(H,22,24). The Morgan fingerprint density at radius 3 is 2.79 bits per heavy atom. The second kappa shape index (κ2) is 8.28. The first-order valence-corrected chi connectivity index (χ1v) is 9.01. The molecular formula is C18H27ClFN3O. The number of nitrogens with one attached hydrogen (secondary N) is 1. The molecular weight excluding hydrogens is 329 g/mol. The Morgan fingerprint density at radius 2 is 2.21 bits per heavy atom. The van der Waals surface area contributed by atoms with E-state index in [1.807, 2.05) is 19.9 Å². The summed E-state index contributed by atoms with van der Waals surface area (Å²) < 4.78 is 13.9. The van der Waals surface area contributed by atoms with E-state index in [0.29, 0.717) is 0 Å².